The smallest absolute Gasteiger partial charge is 0.164 e. The first-order valence-electron chi connectivity index (χ1n) is 21.3. The molecule has 0 radical (unpaired) electrons. The second-order valence-electron chi connectivity index (χ2n) is 16.6. The van der Waals surface area contributed by atoms with Gasteiger partial charge >= 0.3 is 0 Å². The van der Waals surface area contributed by atoms with Crippen molar-refractivity contribution in [2.45, 2.75) is 5.41 Å². The van der Waals surface area contributed by atoms with Gasteiger partial charge in [0.2, 0.25) is 0 Å². The normalized spacial score (nSPS) is 13.2. The number of aromatic nitrogens is 3. The van der Waals surface area contributed by atoms with Gasteiger partial charge < -0.3 is 8.83 Å². The summed E-state index contributed by atoms with van der Waals surface area (Å²) in [5.41, 5.74) is 18.0. The average Bonchev–Trinajstić information content (AvgIpc) is 4.09. The van der Waals surface area contributed by atoms with Gasteiger partial charge in [-0.3, -0.25) is 0 Å². The second-order valence-corrected chi connectivity index (χ2v) is 16.6. The summed E-state index contributed by atoms with van der Waals surface area (Å²) >= 11 is 0. The van der Waals surface area contributed by atoms with Crippen molar-refractivity contribution in [3.8, 4) is 67.5 Å². The molecule has 0 N–H and O–H groups in total. The third-order valence-electron chi connectivity index (χ3n) is 13.4. The first-order chi connectivity index (χ1) is 31.2. The molecular formula is C58H33N3O2. The Morgan fingerprint density at radius 3 is 1.29 bits per heavy atom. The van der Waals surface area contributed by atoms with Crippen LogP contribution in [0.5, 0.6) is 0 Å². The summed E-state index contributed by atoms with van der Waals surface area (Å²) in [7, 11) is 0. The Morgan fingerprint density at radius 1 is 0.286 bits per heavy atom. The van der Waals surface area contributed by atoms with Gasteiger partial charge in [-0.15, -0.1) is 0 Å². The van der Waals surface area contributed by atoms with Crippen molar-refractivity contribution in [3.05, 3.63) is 222 Å². The quantitative estimate of drug-likeness (QED) is 0.177. The average molecular weight is 804 g/mol. The molecule has 63 heavy (non-hydrogen) atoms. The summed E-state index contributed by atoms with van der Waals surface area (Å²) in [5.74, 6) is 1.75. The molecule has 0 atom stereocenters. The molecule has 292 valence electrons. The molecule has 5 heteroatoms. The fraction of sp³-hybridized carbons (Fsp3) is 0.0172. The van der Waals surface area contributed by atoms with Crippen molar-refractivity contribution in [3.63, 3.8) is 0 Å². The molecule has 0 unspecified atom stereocenters. The molecule has 1 spiro atoms. The molecule has 0 fully saturated rings. The number of hydrogen-bond donors (Lipinski definition) is 0. The Labute approximate surface area is 361 Å². The summed E-state index contributed by atoms with van der Waals surface area (Å²) < 4.78 is 12.5. The number of furan rings is 2. The highest BCUT2D eigenvalue weighted by Gasteiger charge is 2.52. The summed E-state index contributed by atoms with van der Waals surface area (Å²) in [6, 6.07) is 70.9. The van der Waals surface area contributed by atoms with Crippen molar-refractivity contribution >= 4 is 43.9 Å². The maximum Gasteiger partial charge on any atom is 0.164 e. The third-order valence-corrected chi connectivity index (χ3v) is 13.4. The van der Waals surface area contributed by atoms with Gasteiger partial charge in [0.1, 0.15) is 22.3 Å². The summed E-state index contributed by atoms with van der Waals surface area (Å²) in [6.07, 6.45) is 0. The molecule has 3 aromatic heterocycles. The maximum atomic E-state index is 6.24. The third kappa shape index (κ3) is 4.73. The summed E-state index contributed by atoms with van der Waals surface area (Å²) in [5, 5.41) is 4.13. The van der Waals surface area contributed by atoms with Crippen LogP contribution < -0.4 is 0 Å². The van der Waals surface area contributed by atoms with Crippen LogP contribution in [-0.4, -0.2) is 15.0 Å². The molecule has 5 nitrogen and oxygen atoms in total. The van der Waals surface area contributed by atoms with E-state index in [-0.39, 0.29) is 0 Å². The fourth-order valence-electron chi connectivity index (χ4n) is 10.8. The van der Waals surface area contributed by atoms with E-state index in [1.807, 2.05) is 60.7 Å². The van der Waals surface area contributed by atoms with Gasteiger partial charge in [0, 0.05) is 38.2 Å². The minimum Gasteiger partial charge on any atom is -0.456 e. The highest BCUT2D eigenvalue weighted by molar-refractivity contribution is 6.08. The molecule has 3 heterocycles. The number of rotatable bonds is 4. The predicted molar refractivity (Wildman–Crippen MR) is 252 cm³/mol. The van der Waals surface area contributed by atoms with Crippen LogP contribution in [0.15, 0.2) is 209 Å². The molecule has 12 aromatic rings. The zero-order valence-electron chi connectivity index (χ0n) is 33.7. The molecule has 0 saturated heterocycles. The largest absolute Gasteiger partial charge is 0.456 e. The molecular weight excluding hydrogens is 771 g/mol. The van der Waals surface area contributed by atoms with Crippen LogP contribution in [-0.2, 0) is 5.41 Å². The SMILES string of the molecule is c1ccc(-c2cccc3c2-c2ccccc2C32c3ccccc3-c3ccccc32)c(-c2nc(-c3ccc4oc5ccccc5c4c3)nc(-c3ccc4oc5ccccc5c4c3)n2)c1. The first kappa shape index (κ1) is 34.3. The van der Waals surface area contributed by atoms with E-state index in [2.05, 4.69) is 140 Å². The Kier molecular flexibility index (Phi) is 6.97. The lowest BCUT2D eigenvalue weighted by Gasteiger charge is -2.30. The molecule has 2 aliphatic carbocycles. The highest BCUT2D eigenvalue weighted by atomic mass is 16.3. The van der Waals surface area contributed by atoms with Crippen LogP contribution in [0, 0.1) is 0 Å². The fourth-order valence-corrected chi connectivity index (χ4v) is 10.8. The van der Waals surface area contributed by atoms with Crippen LogP contribution in [0.2, 0.25) is 0 Å². The Hall–Kier alpha value is -8.41. The van der Waals surface area contributed by atoms with Gasteiger partial charge in [-0.2, -0.15) is 0 Å². The van der Waals surface area contributed by atoms with Crippen LogP contribution in [0.3, 0.4) is 0 Å². The van der Waals surface area contributed by atoms with Crippen LogP contribution >= 0.6 is 0 Å². The Bertz CT molecular complexity index is 3720. The van der Waals surface area contributed by atoms with E-state index < -0.39 is 5.41 Å². The van der Waals surface area contributed by atoms with Crippen LogP contribution in [0.25, 0.3) is 111 Å². The molecule has 0 amide bonds. The lowest BCUT2D eigenvalue weighted by atomic mass is 9.70. The number of hydrogen-bond acceptors (Lipinski definition) is 5. The van der Waals surface area contributed by atoms with E-state index in [1.54, 1.807) is 0 Å². The van der Waals surface area contributed by atoms with Gasteiger partial charge in [0.25, 0.3) is 0 Å². The van der Waals surface area contributed by atoms with Crippen molar-refractivity contribution < 1.29 is 8.83 Å². The van der Waals surface area contributed by atoms with Gasteiger partial charge in [0.05, 0.1) is 5.41 Å². The molecule has 0 aliphatic heterocycles. The van der Waals surface area contributed by atoms with Gasteiger partial charge in [-0.1, -0.05) is 152 Å². The van der Waals surface area contributed by atoms with E-state index >= 15 is 0 Å². The summed E-state index contributed by atoms with van der Waals surface area (Å²) in [6.45, 7) is 0. The predicted octanol–water partition coefficient (Wildman–Crippen LogP) is 14.7. The Balaban J connectivity index is 1.01. The van der Waals surface area contributed by atoms with Crippen molar-refractivity contribution in [1.29, 1.82) is 0 Å². The van der Waals surface area contributed by atoms with Crippen LogP contribution in [0.4, 0.5) is 0 Å². The molecule has 14 rings (SSSR count). The topological polar surface area (TPSA) is 65.0 Å². The Morgan fingerprint density at radius 2 is 0.698 bits per heavy atom. The van der Waals surface area contributed by atoms with Crippen LogP contribution in [0.1, 0.15) is 22.3 Å². The number of nitrogens with zero attached hydrogens (tertiary/aromatic N) is 3. The lowest BCUT2D eigenvalue weighted by Crippen LogP contribution is -2.25. The second kappa shape index (κ2) is 12.8. The monoisotopic (exact) mass is 803 g/mol. The van der Waals surface area contributed by atoms with Crippen molar-refractivity contribution in [2.24, 2.45) is 0 Å². The van der Waals surface area contributed by atoms with Gasteiger partial charge in [0.15, 0.2) is 17.5 Å². The lowest BCUT2D eigenvalue weighted by molar-refractivity contribution is 0.668. The van der Waals surface area contributed by atoms with Crippen molar-refractivity contribution in [1.82, 2.24) is 15.0 Å². The molecule has 0 saturated carbocycles. The van der Waals surface area contributed by atoms with E-state index in [0.717, 1.165) is 71.7 Å². The zero-order chi connectivity index (χ0) is 41.2. The van der Waals surface area contributed by atoms with Gasteiger partial charge in [-0.05, 0) is 104 Å². The number of benzene rings is 9. The molecule has 2 aliphatic rings. The number of para-hydroxylation sites is 2. The minimum atomic E-state index is -0.455. The first-order valence-corrected chi connectivity index (χ1v) is 21.3. The van der Waals surface area contributed by atoms with Gasteiger partial charge in [-0.25, -0.2) is 15.0 Å². The maximum absolute atomic E-state index is 6.24. The van der Waals surface area contributed by atoms with E-state index in [4.69, 9.17) is 23.8 Å². The van der Waals surface area contributed by atoms with E-state index in [0.29, 0.717) is 17.5 Å². The van der Waals surface area contributed by atoms with E-state index in [1.165, 1.54) is 44.5 Å². The summed E-state index contributed by atoms with van der Waals surface area (Å²) in [4.78, 5) is 16.0. The van der Waals surface area contributed by atoms with Crippen molar-refractivity contribution in [2.75, 3.05) is 0 Å². The minimum absolute atomic E-state index is 0.455. The molecule has 0 bridgehead atoms. The highest BCUT2D eigenvalue weighted by Crippen LogP contribution is 2.64. The molecule has 9 aromatic carbocycles. The van der Waals surface area contributed by atoms with E-state index in [9.17, 15) is 0 Å². The standard InChI is InChI=1S/C58H33N3O2/c1-2-19-42(36(14-1)41-21-13-25-49-54(41)43-20-5-10-24-48(43)58(49)46-22-8-3-15-37(46)38-16-4-9-23-47(38)58)57-60-55(34-28-30-52-44(32-34)39-17-6-11-26-50(39)62-52)59-56(61-57)35-29-31-53-45(33-35)40-18-7-12-27-51(40)63-53/h1-33H. The number of fused-ring (bicyclic) bond motifs is 16. The zero-order valence-corrected chi connectivity index (χ0v) is 33.7.